The molecule has 1 aliphatic carbocycles. The Bertz CT molecular complexity index is 819. The molecular formula is C25H36O5. The van der Waals surface area contributed by atoms with Crippen LogP contribution in [0.4, 0.5) is 0 Å². The number of ketones is 3. The van der Waals surface area contributed by atoms with Gasteiger partial charge in [0.1, 0.15) is 11.3 Å². The van der Waals surface area contributed by atoms with E-state index in [2.05, 4.69) is 0 Å². The van der Waals surface area contributed by atoms with E-state index in [9.17, 15) is 24.6 Å². The Morgan fingerprint density at radius 1 is 0.867 bits per heavy atom. The van der Waals surface area contributed by atoms with E-state index in [-0.39, 0.29) is 19.3 Å². The van der Waals surface area contributed by atoms with Crippen molar-refractivity contribution in [2.24, 2.45) is 11.3 Å². The second-order valence-corrected chi connectivity index (χ2v) is 9.30. The molecule has 0 aromatic rings. The number of Topliss-reactive ketones (excluding diaryl/α,β-unsaturated/α-hetero) is 3. The molecule has 0 saturated carbocycles. The first-order valence-corrected chi connectivity index (χ1v) is 10.4. The molecule has 0 aromatic heterocycles. The zero-order chi connectivity index (χ0) is 23.4. The van der Waals surface area contributed by atoms with E-state index in [4.69, 9.17) is 0 Å². The van der Waals surface area contributed by atoms with Crippen molar-refractivity contribution in [3.63, 3.8) is 0 Å². The summed E-state index contributed by atoms with van der Waals surface area (Å²) < 4.78 is 0. The van der Waals surface area contributed by atoms with Gasteiger partial charge < -0.3 is 10.2 Å². The van der Waals surface area contributed by atoms with Gasteiger partial charge in [-0.3, -0.25) is 14.4 Å². The standard InChI is InChI=1S/C25H36O5/c1-15(2)9-12-24(13-10-16(3)4)21(27)19(20(26)18(7)8)22(28)25(30,23(24)29)14-11-17(5)6/h9-11,18,27,30H,12-14H2,1-8H3/t25-/m1/s1. The first-order chi connectivity index (χ1) is 13.7. The van der Waals surface area contributed by atoms with Crippen molar-refractivity contribution in [2.45, 2.75) is 80.3 Å². The van der Waals surface area contributed by atoms with Gasteiger partial charge in [0.25, 0.3) is 0 Å². The molecule has 1 aliphatic rings. The molecule has 5 heteroatoms. The number of carbonyl (C=O) groups is 3. The molecular weight excluding hydrogens is 380 g/mol. The van der Waals surface area contributed by atoms with Crippen molar-refractivity contribution >= 4 is 17.3 Å². The van der Waals surface area contributed by atoms with E-state index >= 15 is 0 Å². The van der Waals surface area contributed by atoms with Crippen LogP contribution in [0.5, 0.6) is 0 Å². The van der Waals surface area contributed by atoms with Crippen molar-refractivity contribution in [2.75, 3.05) is 0 Å². The Balaban J connectivity index is 3.95. The highest BCUT2D eigenvalue weighted by molar-refractivity contribution is 6.33. The molecule has 0 spiro atoms. The highest BCUT2D eigenvalue weighted by Crippen LogP contribution is 2.47. The zero-order valence-electron chi connectivity index (χ0n) is 19.5. The number of allylic oxidation sites excluding steroid dienone is 6. The van der Waals surface area contributed by atoms with Crippen molar-refractivity contribution in [3.05, 3.63) is 46.3 Å². The number of rotatable bonds is 8. The van der Waals surface area contributed by atoms with Crippen molar-refractivity contribution < 1.29 is 24.6 Å². The summed E-state index contributed by atoms with van der Waals surface area (Å²) in [5.41, 5.74) is -1.74. The molecule has 0 radical (unpaired) electrons. The molecule has 2 N–H and O–H groups in total. The highest BCUT2D eigenvalue weighted by atomic mass is 16.3. The number of aliphatic hydroxyl groups is 2. The van der Waals surface area contributed by atoms with Gasteiger partial charge in [0.05, 0.1) is 5.41 Å². The molecule has 1 atom stereocenters. The summed E-state index contributed by atoms with van der Waals surface area (Å²) >= 11 is 0. The van der Waals surface area contributed by atoms with E-state index in [0.717, 1.165) is 16.7 Å². The molecule has 0 aromatic carbocycles. The molecule has 0 unspecified atom stereocenters. The van der Waals surface area contributed by atoms with Crippen LogP contribution in [0.3, 0.4) is 0 Å². The fraction of sp³-hybridized carbons (Fsp3) is 0.560. The minimum Gasteiger partial charge on any atom is -0.510 e. The predicted molar refractivity (Wildman–Crippen MR) is 119 cm³/mol. The predicted octanol–water partition coefficient (Wildman–Crippen LogP) is 4.96. The summed E-state index contributed by atoms with van der Waals surface area (Å²) in [7, 11) is 0. The van der Waals surface area contributed by atoms with Gasteiger partial charge in [-0.15, -0.1) is 0 Å². The first-order valence-electron chi connectivity index (χ1n) is 10.4. The third-order valence-corrected chi connectivity index (χ3v) is 5.40. The van der Waals surface area contributed by atoms with Crippen LogP contribution in [0.25, 0.3) is 0 Å². The minimum atomic E-state index is -2.39. The zero-order valence-corrected chi connectivity index (χ0v) is 19.5. The minimum absolute atomic E-state index is 0.0864. The quantitative estimate of drug-likeness (QED) is 0.331. The summed E-state index contributed by atoms with van der Waals surface area (Å²) in [6.45, 7) is 14.3. The van der Waals surface area contributed by atoms with Gasteiger partial charge >= 0.3 is 0 Å². The normalized spacial score (nSPS) is 20.9. The lowest BCUT2D eigenvalue weighted by Gasteiger charge is -2.42. The van der Waals surface area contributed by atoms with Gasteiger partial charge in [0, 0.05) is 12.3 Å². The molecule has 0 bridgehead atoms. The smallest absolute Gasteiger partial charge is 0.209 e. The van der Waals surface area contributed by atoms with Gasteiger partial charge in [0.2, 0.25) is 5.78 Å². The Kier molecular flexibility index (Phi) is 8.32. The third-order valence-electron chi connectivity index (χ3n) is 5.40. The summed E-state index contributed by atoms with van der Waals surface area (Å²) in [6, 6.07) is 0. The average Bonchev–Trinajstić information content (AvgIpc) is 2.64. The van der Waals surface area contributed by atoms with Crippen molar-refractivity contribution in [1.82, 2.24) is 0 Å². The summed E-state index contributed by atoms with van der Waals surface area (Å²) in [5.74, 6) is -3.43. The van der Waals surface area contributed by atoms with Crippen LogP contribution in [0.15, 0.2) is 46.3 Å². The molecule has 0 saturated heterocycles. The van der Waals surface area contributed by atoms with Gasteiger partial charge in [-0.25, -0.2) is 0 Å². The van der Waals surface area contributed by atoms with Crippen LogP contribution < -0.4 is 0 Å². The lowest BCUT2D eigenvalue weighted by molar-refractivity contribution is -0.158. The summed E-state index contributed by atoms with van der Waals surface area (Å²) in [5, 5.41) is 22.6. The second kappa shape index (κ2) is 9.69. The van der Waals surface area contributed by atoms with Gasteiger partial charge in [-0.2, -0.15) is 0 Å². The largest absolute Gasteiger partial charge is 0.510 e. The topological polar surface area (TPSA) is 91.7 Å². The molecule has 0 aliphatic heterocycles. The van der Waals surface area contributed by atoms with Crippen LogP contribution in [0, 0.1) is 11.3 Å². The molecule has 0 amide bonds. The average molecular weight is 417 g/mol. The number of hydrogen-bond donors (Lipinski definition) is 2. The van der Waals surface area contributed by atoms with Crippen LogP contribution in [0.1, 0.15) is 74.7 Å². The molecule has 5 nitrogen and oxygen atoms in total. The monoisotopic (exact) mass is 416 g/mol. The first kappa shape index (κ1) is 25.8. The third kappa shape index (κ3) is 5.07. The van der Waals surface area contributed by atoms with Gasteiger partial charge in [-0.1, -0.05) is 48.8 Å². The van der Waals surface area contributed by atoms with E-state index in [0.29, 0.717) is 0 Å². The molecule has 0 heterocycles. The van der Waals surface area contributed by atoms with Crippen molar-refractivity contribution in [1.29, 1.82) is 0 Å². The van der Waals surface area contributed by atoms with Gasteiger partial charge in [-0.05, 0) is 54.4 Å². The maximum atomic E-state index is 13.7. The van der Waals surface area contributed by atoms with E-state index in [1.54, 1.807) is 45.9 Å². The molecule has 0 fully saturated rings. The van der Waals surface area contributed by atoms with E-state index in [1.165, 1.54) is 0 Å². The highest BCUT2D eigenvalue weighted by Gasteiger charge is 2.61. The Labute approximate surface area is 180 Å². The van der Waals surface area contributed by atoms with E-state index in [1.807, 2.05) is 27.7 Å². The number of aliphatic hydroxyl groups excluding tert-OH is 1. The number of carbonyl (C=O) groups excluding carboxylic acids is 3. The van der Waals surface area contributed by atoms with Gasteiger partial charge in [0.15, 0.2) is 17.2 Å². The fourth-order valence-electron chi connectivity index (χ4n) is 3.43. The SMILES string of the molecule is CC(C)=CCC1(CC=C(C)C)C(=O)[C@@](O)(CC=C(C)C)C(=O)C(C(=O)C(C)C)=C1O. The Morgan fingerprint density at radius 3 is 1.63 bits per heavy atom. The lowest BCUT2D eigenvalue weighted by atomic mass is 9.60. The molecule has 166 valence electrons. The Hall–Kier alpha value is -2.27. The fourth-order valence-corrected chi connectivity index (χ4v) is 3.43. The van der Waals surface area contributed by atoms with Crippen LogP contribution in [-0.4, -0.2) is 33.2 Å². The van der Waals surface area contributed by atoms with Crippen LogP contribution >= 0.6 is 0 Å². The Morgan fingerprint density at radius 2 is 1.27 bits per heavy atom. The van der Waals surface area contributed by atoms with Crippen LogP contribution in [-0.2, 0) is 14.4 Å². The lowest BCUT2D eigenvalue weighted by Crippen LogP contribution is -2.59. The van der Waals surface area contributed by atoms with E-state index < -0.39 is 45.6 Å². The molecule has 30 heavy (non-hydrogen) atoms. The maximum absolute atomic E-state index is 13.7. The number of hydrogen-bond acceptors (Lipinski definition) is 5. The van der Waals surface area contributed by atoms with Crippen LogP contribution in [0.2, 0.25) is 0 Å². The molecule has 1 rings (SSSR count). The maximum Gasteiger partial charge on any atom is 0.209 e. The summed E-state index contributed by atoms with van der Waals surface area (Å²) in [4.78, 5) is 39.8. The van der Waals surface area contributed by atoms with Crippen molar-refractivity contribution in [3.8, 4) is 0 Å². The summed E-state index contributed by atoms with van der Waals surface area (Å²) in [6.07, 6.45) is 5.14. The second-order valence-electron chi connectivity index (χ2n) is 9.30.